The van der Waals surface area contributed by atoms with Gasteiger partial charge in [-0.2, -0.15) is 0 Å². The number of furan rings is 1. The lowest BCUT2D eigenvalue weighted by molar-refractivity contribution is 0.669. The van der Waals surface area contributed by atoms with Crippen molar-refractivity contribution in [3.8, 4) is 45.0 Å². The number of benzene rings is 8. The molecule has 11 aromatic rings. The van der Waals surface area contributed by atoms with Crippen molar-refractivity contribution in [2.45, 2.75) is 0 Å². The molecule has 0 amide bonds. The molecule has 3 nitrogen and oxygen atoms in total. The molecule has 0 aliphatic rings. The van der Waals surface area contributed by atoms with Crippen LogP contribution in [-0.2, 0) is 0 Å². The molecule has 0 radical (unpaired) electrons. The van der Waals surface area contributed by atoms with Crippen molar-refractivity contribution >= 4 is 75.0 Å². The molecular weight excluding hydrogens is 653 g/mol. The molecule has 0 bridgehead atoms. The summed E-state index contributed by atoms with van der Waals surface area (Å²) in [5.74, 6) is 0.665. The number of hydrogen-bond acceptors (Lipinski definition) is 4. The summed E-state index contributed by atoms with van der Waals surface area (Å²) >= 11 is 1.83. The fraction of sp³-hybridized carbons (Fsp3) is 0. The van der Waals surface area contributed by atoms with Gasteiger partial charge in [-0.3, -0.25) is 0 Å². The van der Waals surface area contributed by atoms with E-state index in [0.29, 0.717) is 5.82 Å². The summed E-state index contributed by atoms with van der Waals surface area (Å²) in [6.45, 7) is 0. The molecule has 4 heteroatoms. The Hall–Kier alpha value is -6.62. The van der Waals surface area contributed by atoms with Crippen molar-refractivity contribution in [2.75, 3.05) is 0 Å². The molecule has 3 aromatic heterocycles. The van der Waals surface area contributed by atoms with Crippen LogP contribution in [-0.4, -0.2) is 9.97 Å². The molecule has 0 aliphatic heterocycles. The second-order valence-corrected chi connectivity index (χ2v) is 14.4. The van der Waals surface area contributed by atoms with Gasteiger partial charge in [0, 0.05) is 47.6 Å². The normalized spacial score (nSPS) is 11.8. The molecule has 0 unspecified atom stereocenters. The maximum Gasteiger partial charge on any atom is 0.161 e. The predicted molar refractivity (Wildman–Crippen MR) is 219 cm³/mol. The highest BCUT2D eigenvalue weighted by Crippen LogP contribution is 2.44. The topological polar surface area (TPSA) is 38.9 Å². The first-order valence-corrected chi connectivity index (χ1v) is 18.3. The number of fused-ring (bicyclic) bond motifs is 9. The van der Waals surface area contributed by atoms with E-state index in [1.54, 1.807) is 0 Å². The van der Waals surface area contributed by atoms with Crippen molar-refractivity contribution in [3.05, 3.63) is 170 Å². The second kappa shape index (κ2) is 11.5. The molecule has 0 saturated heterocycles. The molecule has 0 atom stereocenters. The lowest BCUT2D eigenvalue weighted by Gasteiger charge is -2.15. The molecule has 52 heavy (non-hydrogen) atoms. The van der Waals surface area contributed by atoms with Gasteiger partial charge in [0.2, 0.25) is 0 Å². The van der Waals surface area contributed by atoms with Gasteiger partial charge in [-0.25, -0.2) is 9.97 Å². The quantitative estimate of drug-likeness (QED) is 0.174. The van der Waals surface area contributed by atoms with Crippen molar-refractivity contribution in [3.63, 3.8) is 0 Å². The SMILES string of the molecule is c1ccc(-c2cc(-c3ccc4c(ccc5ccccc54)c3)nc(-c3c(-c4ccc5c(c4)sc4ccccc45)ccc4oc5ccccc5c34)n2)cc1. The van der Waals surface area contributed by atoms with Crippen molar-refractivity contribution in [1.29, 1.82) is 0 Å². The Morgan fingerprint density at radius 2 is 1.08 bits per heavy atom. The number of nitrogens with zero attached hydrogens (tertiary/aromatic N) is 2. The monoisotopic (exact) mass is 680 g/mol. The zero-order valence-electron chi connectivity index (χ0n) is 27.9. The number of para-hydroxylation sites is 1. The fourth-order valence-electron chi connectivity index (χ4n) is 7.82. The van der Waals surface area contributed by atoms with E-state index in [1.165, 1.54) is 41.7 Å². The van der Waals surface area contributed by atoms with Gasteiger partial charge in [-0.1, -0.05) is 127 Å². The van der Waals surface area contributed by atoms with Crippen LogP contribution in [0.25, 0.3) is 109 Å². The van der Waals surface area contributed by atoms with Crippen molar-refractivity contribution < 1.29 is 4.42 Å². The highest BCUT2D eigenvalue weighted by molar-refractivity contribution is 7.25. The highest BCUT2D eigenvalue weighted by Gasteiger charge is 2.22. The van der Waals surface area contributed by atoms with Crippen LogP contribution in [0.5, 0.6) is 0 Å². The van der Waals surface area contributed by atoms with Gasteiger partial charge < -0.3 is 4.42 Å². The van der Waals surface area contributed by atoms with E-state index in [4.69, 9.17) is 14.4 Å². The minimum atomic E-state index is 0.665. The standard InChI is InChI=1S/C48H28N2OS/c1-2-11-30(12-3-1)40-28-41(33-21-22-35-31(26-33)19-18-29-10-4-5-13-34(29)35)50-48(49-40)47-36(24-25-43-46(47)39-15-6-8-16-42(39)51-43)32-20-23-38-37-14-7-9-17-44(37)52-45(38)27-32/h1-28H. The summed E-state index contributed by atoms with van der Waals surface area (Å²) in [5.41, 5.74) is 8.64. The van der Waals surface area contributed by atoms with E-state index < -0.39 is 0 Å². The molecule has 8 aromatic carbocycles. The van der Waals surface area contributed by atoms with Gasteiger partial charge in [0.05, 0.1) is 11.4 Å². The predicted octanol–water partition coefficient (Wildman–Crippen LogP) is 13.7. The Balaban J connectivity index is 1.20. The van der Waals surface area contributed by atoms with Gasteiger partial charge in [0.1, 0.15) is 11.2 Å². The largest absolute Gasteiger partial charge is 0.456 e. The first-order valence-electron chi connectivity index (χ1n) is 17.5. The fourth-order valence-corrected chi connectivity index (χ4v) is 8.96. The zero-order chi connectivity index (χ0) is 34.2. The molecular formula is C48H28N2OS. The first-order chi connectivity index (χ1) is 25.7. The van der Waals surface area contributed by atoms with Crippen LogP contribution in [0.3, 0.4) is 0 Å². The molecule has 0 N–H and O–H groups in total. The number of hydrogen-bond donors (Lipinski definition) is 0. The molecule has 0 aliphatic carbocycles. The van der Waals surface area contributed by atoms with E-state index >= 15 is 0 Å². The third-order valence-electron chi connectivity index (χ3n) is 10.3. The average molecular weight is 681 g/mol. The molecule has 11 rings (SSSR count). The van der Waals surface area contributed by atoms with E-state index in [1.807, 2.05) is 29.5 Å². The van der Waals surface area contributed by atoms with Crippen molar-refractivity contribution in [1.82, 2.24) is 9.97 Å². The van der Waals surface area contributed by atoms with E-state index in [9.17, 15) is 0 Å². The van der Waals surface area contributed by atoms with Crippen LogP contribution >= 0.6 is 11.3 Å². The Bertz CT molecular complexity index is 3190. The average Bonchev–Trinajstić information content (AvgIpc) is 3.78. The van der Waals surface area contributed by atoms with Crippen molar-refractivity contribution in [2.24, 2.45) is 0 Å². The van der Waals surface area contributed by atoms with Gasteiger partial charge >= 0.3 is 0 Å². The maximum atomic E-state index is 6.48. The minimum Gasteiger partial charge on any atom is -0.456 e. The Kier molecular flexibility index (Phi) is 6.42. The molecule has 0 spiro atoms. The summed E-state index contributed by atoms with van der Waals surface area (Å²) in [5, 5.41) is 9.52. The third-order valence-corrected chi connectivity index (χ3v) is 11.4. The molecule has 0 saturated carbocycles. The van der Waals surface area contributed by atoms with Crippen LogP contribution in [0, 0.1) is 0 Å². The molecule has 0 fully saturated rings. The van der Waals surface area contributed by atoms with Gasteiger partial charge in [0.25, 0.3) is 0 Å². The Morgan fingerprint density at radius 1 is 0.404 bits per heavy atom. The first kappa shape index (κ1) is 29.1. The van der Waals surface area contributed by atoms with E-state index in [-0.39, 0.29) is 0 Å². The lowest BCUT2D eigenvalue weighted by Crippen LogP contribution is -1.98. The van der Waals surface area contributed by atoms with E-state index in [2.05, 4.69) is 152 Å². The van der Waals surface area contributed by atoms with Crippen LogP contribution in [0.4, 0.5) is 0 Å². The van der Waals surface area contributed by atoms with Crippen LogP contribution in [0.2, 0.25) is 0 Å². The summed E-state index contributed by atoms with van der Waals surface area (Å²) in [7, 11) is 0. The van der Waals surface area contributed by atoms with Crippen LogP contribution < -0.4 is 0 Å². The lowest BCUT2D eigenvalue weighted by atomic mass is 9.93. The van der Waals surface area contributed by atoms with Crippen LogP contribution in [0.15, 0.2) is 174 Å². The second-order valence-electron chi connectivity index (χ2n) is 13.3. The van der Waals surface area contributed by atoms with Crippen LogP contribution in [0.1, 0.15) is 0 Å². The smallest absolute Gasteiger partial charge is 0.161 e. The Morgan fingerprint density at radius 3 is 1.98 bits per heavy atom. The summed E-state index contributed by atoms with van der Waals surface area (Å²) < 4.78 is 9.02. The Labute approximate surface area is 303 Å². The van der Waals surface area contributed by atoms with Gasteiger partial charge in [-0.05, 0) is 75.1 Å². The van der Waals surface area contributed by atoms with Gasteiger partial charge in [0.15, 0.2) is 5.82 Å². The highest BCUT2D eigenvalue weighted by atomic mass is 32.1. The summed E-state index contributed by atoms with van der Waals surface area (Å²) in [6.07, 6.45) is 0. The van der Waals surface area contributed by atoms with E-state index in [0.717, 1.165) is 61.1 Å². The molecule has 3 heterocycles. The number of thiophene rings is 1. The third kappa shape index (κ3) is 4.58. The number of aromatic nitrogens is 2. The van der Waals surface area contributed by atoms with Gasteiger partial charge in [-0.15, -0.1) is 11.3 Å². The zero-order valence-corrected chi connectivity index (χ0v) is 28.7. The maximum absolute atomic E-state index is 6.48. The minimum absolute atomic E-state index is 0.665. The summed E-state index contributed by atoms with van der Waals surface area (Å²) in [4.78, 5) is 10.8. The molecule has 242 valence electrons. The summed E-state index contributed by atoms with van der Waals surface area (Å²) in [6, 6.07) is 60.2. The number of rotatable bonds is 4.